The number of hydrogen-bond donors (Lipinski definition) is 0. The summed E-state index contributed by atoms with van der Waals surface area (Å²) < 4.78 is 0.883. The SMILES string of the molecule is O=C1C=CC(=O)C2=C(c3ccc([N+](=O)[O-])cc3)C3C(=C12)C=C(c1ccccc1)c1ccc(Br)cc13. The van der Waals surface area contributed by atoms with Gasteiger partial charge in [0.2, 0.25) is 0 Å². The van der Waals surface area contributed by atoms with Gasteiger partial charge in [0.05, 0.1) is 4.92 Å². The zero-order valence-electron chi connectivity index (χ0n) is 18.2. The van der Waals surface area contributed by atoms with Gasteiger partial charge < -0.3 is 0 Å². The molecular weight excluding hydrogens is 506 g/mol. The van der Waals surface area contributed by atoms with Crippen molar-refractivity contribution in [2.75, 3.05) is 0 Å². The van der Waals surface area contributed by atoms with Crippen LogP contribution in [0, 0.1) is 10.1 Å². The third kappa shape index (κ3) is 3.29. The van der Waals surface area contributed by atoms with Gasteiger partial charge in [-0.15, -0.1) is 0 Å². The summed E-state index contributed by atoms with van der Waals surface area (Å²) in [6, 6.07) is 22.2. The molecule has 1 unspecified atom stereocenters. The van der Waals surface area contributed by atoms with Gasteiger partial charge in [-0.1, -0.05) is 52.3 Å². The average molecular weight is 522 g/mol. The van der Waals surface area contributed by atoms with Crippen molar-refractivity contribution in [1.29, 1.82) is 0 Å². The standard InChI is InChI=1S/C29H16BrNO4/c30-18-8-11-20-21(16-4-2-1-3-5-16)15-23-27(22(20)14-18)26(17-6-9-19(10-7-17)31(34)35)29-25(33)13-12-24(32)28(23)29/h1-15,27H. The van der Waals surface area contributed by atoms with Crippen LogP contribution in [-0.4, -0.2) is 16.5 Å². The summed E-state index contributed by atoms with van der Waals surface area (Å²) in [5, 5.41) is 11.2. The predicted octanol–water partition coefficient (Wildman–Crippen LogP) is 6.36. The van der Waals surface area contributed by atoms with E-state index in [0.717, 1.165) is 32.3 Å². The molecule has 0 bridgehead atoms. The topological polar surface area (TPSA) is 77.3 Å². The van der Waals surface area contributed by atoms with Crippen molar-refractivity contribution < 1.29 is 14.5 Å². The molecule has 168 valence electrons. The first-order valence-corrected chi connectivity index (χ1v) is 11.8. The molecule has 3 aliphatic rings. The number of ketones is 2. The Kier molecular flexibility index (Phi) is 4.86. The molecule has 1 atom stereocenters. The highest BCUT2D eigenvalue weighted by molar-refractivity contribution is 9.10. The van der Waals surface area contributed by atoms with Crippen molar-refractivity contribution in [3.8, 4) is 0 Å². The van der Waals surface area contributed by atoms with Crippen LogP contribution in [0.2, 0.25) is 0 Å². The Labute approximate surface area is 209 Å². The third-order valence-electron chi connectivity index (χ3n) is 6.68. The van der Waals surface area contributed by atoms with Gasteiger partial charge in [0.15, 0.2) is 11.6 Å². The van der Waals surface area contributed by atoms with E-state index in [-0.39, 0.29) is 23.2 Å². The number of nitro benzene ring substituents is 1. The maximum absolute atomic E-state index is 13.2. The van der Waals surface area contributed by atoms with Crippen LogP contribution in [0.15, 0.2) is 112 Å². The summed E-state index contributed by atoms with van der Waals surface area (Å²) in [4.78, 5) is 37.1. The second kappa shape index (κ2) is 7.96. The molecule has 3 aromatic rings. The third-order valence-corrected chi connectivity index (χ3v) is 7.17. The molecule has 0 spiro atoms. The first kappa shape index (κ1) is 21.4. The summed E-state index contributed by atoms with van der Waals surface area (Å²) in [6.07, 6.45) is 4.67. The molecule has 0 amide bonds. The van der Waals surface area contributed by atoms with E-state index in [2.05, 4.69) is 15.9 Å². The monoisotopic (exact) mass is 521 g/mol. The minimum Gasteiger partial charge on any atom is -0.289 e. The Morgan fingerprint density at radius 3 is 2.17 bits per heavy atom. The summed E-state index contributed by atoms with van der Waals surface area (Å²) >= 11 is 3.59. The van der Waals surface area contributed by atoms with E-state index in [0.29, 0.717) is 22.3 Å². The lowest BCUT2D eigenvalue weighted by atomic mass is 9.75. The summed E-state index contributed by atoms with van der Waals surface area (Å²) in [5.74, 6) is -0.797. The molecule has 0 saturated heterocycles. The Morgan fingerprint density at radius 1 is 0.800 bits per heavy atom. The fourth-order valence-electron chi connectivity index (χ4n) is 5.22. The van der Waals surface area contributed by atoms with Gasteiger partial charge in [-0.2, -0.15) is 0 Å². The Morgan fingerprint density at radius 2 is 1.49 bits per heavy atom. The molecule has 0 aliphatic heterocycles. The fourth-order valence-corrected chi connectivity index (χ4v) is 5.60. The number of carbonyl (C=O) groups is 2. The van der Waals surface area contributed by atoms with Gasteiger partial charge in [0, 0.05) is 33.7 Å². The lowest BCUT2D eigenvalue weighted by molar-refractivity contribution is -0.384. The van der Waals surface area contributed by atoms with Gasteiger partial charge in [-0.05, 0) is 81.5 Å². The van der Waals surface area contributed by atoms with E-state index in [1.165, 1.54) is 24.3 Å². The lowest BCUT2D eigenvalue weighted by Gasteiger charge is -2.28. The molecular formula is C29H16BrNO4. The Bertz CT molecular complexity index is 1590. The number of hydrogen-bond acceptors (Lipinski definition) is 4. The number of carbonyl (C=O) groups excluding carboxylic acids is 2. The maximum atomic E-state index is 13.2. The van der Waals surface area contributed by atoms with Crippen LogP contribution in [0.4, 0.5) is 5.69 Å². The lowest BCUT2D eigenvalue weighted by Crippen LogP contribution is -2.14. The number of fused-ring (bicyclic) bond motifs is 4. The molecule has 3 aromatic carbocycles. The second-order valence-electron chi connectivity index (χ2n) is 8.57. The van der Waals surface area contributed by atoms with Crippen molar-refractivity contribution >= 4 is 44.3 Å². The van der Waals surface area contributed by atoms with Gasteiger partial charge in [-0.25, -0.2) is 0 Å². The molecule has 6 heteroatoms. The van der Waals surface area contributed by atoms with Crippen LogP contribution < -0.4 is 0 Å². The first-order valence-electron chi connectivity index (χ1n) is 11.0. The normalized spacial score (nSPS) is 18.3. The Balaban J connectivity index is 1.67. The van der Waals surface area contributed by atoms with E-state index >= 15 is 0 Å². The largest absolute Gasteiger partial charge is 0.289 e. The van der Waals surface area contributed by atoms with E-state index in [4.69, 9.17) is 0 Å². The van der Waals surface area contributed by atoms with Crippen LogP contribution in [0.25, 0.3) is 11.1 Å². The van der Waals surface area contributed by atoms with Crippen molar-refractivity contribution in [3.05, 3.63) is 145 Å². The molecule has 35 heavy (non-hydrogen) atoms. The van der Waals surface area contributed by atoms with Crippen LogP contribution in [-0.2, 0) is 9.59 Å². The number of nitro groups is 1. The highest BCUT2D eigenvalue weighted by Crippen LogP contribution is 2.55. The van der Waals surface area contributed by atoms with Crippen molar-refractivity contribution in [1.82, 2.24) is 0 Å². The molecule has 5 nitrogen and oxygen atoms in total. The summed E-state index contributed by atoms with van der Waals surface area (Å²) in [7, 11) is 0. The van der Waals surface area contributed by atoms with Gasteiger partial charge in [0.1, 0.15) is 0 Å². The van der Waals surface area contributed by atoms with Crippen LogP contribution in [0.3, 0.4) is 0 Å². The first-order chi connectivity index (χ1) is 16.9. The maximum Gasteiger partial charge on any atom is 0.269 e. The van der Waals surface area contributed by atoms with Crippen LogP contribution in [0.1, 0.15) is 28.2 Å². The van der Waals surface area contributed by atoms with Crippen LogP contribution in [0.5, 0.6) is 0 Å². The minimum absolute atomic E-state index is 0.0326. The van der Waals surface area contributed by atoms with Gasteiger partial charge in [-0.3, -0.25) is 19.7 Å². The van der Waals surface area contributed by atoms with Crippen molar-refractivity contribution in [2.24, 2.45) is 0 Å². The average Bonchev–Trinajstić information content (AvgIpc) is 3.23. The Hall–Kier alpha value is -4.16. The molecule has 0 N–H and O–H groups in total. The van der Waals surface area contributed by atoms with Crippen molar-refractivity contribution in [3.63, 3.8) is 0 Å². The molecule has 0 aromatic heterocycles. The number of benzene rings is 3. The number of non-ortho nitro benzene ring substituents is 1. The van der Waals surface area contributed by atoms with Gasteiger partial charge in [0.25, 0.3) is 5.69 Å². The molecule has 0 radical (unpaired) electrons. The van der Waals surface area contributed by atoms with E-state index in [1.54, 1.807) is 12.1 Å². The quantitative estimate of drug-likeness (QED) is 0.296. The highest BCUT2D eigenvalue weighted by atomic mass is 79.9. The van der Waals surface area contributed by atoms with Crippen molar-refractivity contribution in [2.45, 2.75) is 5.92 Å². The highest BCUT2D eigenvalue weighted by Gasteiger charge is 2.43. The fraction of sp³-hybridized carbons (Fsp3) is 0.0345. The molecule has 0 fully saturated rings. The van der Waals surface area contributed by atoms with Crippen LogP contribution >= 0.6 is 15.9 Å². The van der Waals surface area contributed by atoms with Gasteiger partial charge >= 0.3 is 0 Å². The van der Waals surface area contributed by atoms with E-state index in [1.807, 2.05) is 54.6 Å². The zero-order chi connectivity index (χ0) is 24.3. The number of halogens is 1. The second-order valence-corrected chi connectivity index (χ2v) is 9.49. The molecule has 0 heterocycles. The molecule has 3 aliphatic carbocycles. The van der Waals surface area contributed by atoms with E-state index in [9.17, 15) is 19.7 Å². The molecule has 0 saturated carbocycles. The number of nitrogens with zero attached hydrogens (tertiary/aromatic N) is 1. The number of allylic oxidation sites excluding steroid dienone is 7. The zero-order valence-corrected chi connectivity index (χ0v) is 19.8. The summed E-state index contributed by atoms with van der Waals surface area (Å²) in [6.45, 7) is 0. The predicted molar refractivity (Wildman–Crippen MR) is 137 cm³/mol. The smallest absolute Gasteiger partial charge is 0.269 e. The van der Waals surface area contributed by atoms with E-state index < -0.39 is 4.92 Å². The molecule has 6 rings (SSSR count). The number of rotatable bonds is 3. The summed E-state index contributed by atoms with van der Waals surface area (Å²) in [5.41, 5.74) is 6.90. The minimum atomic E-state index is -0.453.